The first-order valence-electron chi connectivity index (χ1n) is 6.57. The molecule has 3 N–H and O–H groups in total. The predicted octanol–water partition coefficient (Wildman–Crippen LogP) is 3.98. The van der Waals surface area contributed by atoms with Crippen LogP contribution in [0.5, 0.6) is 0 Å². The Bertz CT molecular complexity index is 799. The summed E-state index contributed by atoms with van der Waals surface area (Å²) in [5.74, 6) is 0.162. The van der Waals surface area contributed by atoms with Gasteiger partial charge in [0.05, 0.1) is 6.21 Å². The maximum atomic E-state index is 14.2. The van der Waals surface area contributed by atoms with E-state index in [9.17, 15) is 4.39 Å². The average molecular weight is 312 g/mol. The van der Waals surface area contributed by atoms with Crippen molar-refractivity contribution in [3.63, 3.8) is 0 Å². The largest absolute Gasteiger partial charge is 0.383 e. The maximum absolute atomic E-state index is 14.2. The minimum atomic E-state index is -0.284. The molecular weight excluding hydrogens is 299 g/mol. The van der Waals surface area contributed by atoms with E-state index in [0.29, 0.717) is 22.1 Å². The van der Waals surface area contributed by atoms with Crippen molar-refractivity contribution in [2.24, 2.45) is 5.10 Å². The van der Waals surface area contributed by atoms with Gasteiger partial charge < -0.3 is 5.73 Å². The summed E-state index contributed by atoms with van der Waals surface area (Å²) in [5.41, 5.74) is 10.3. The molecule has 22 heavy (non-hydrogen) atoms. The first kappa shape index (κ1) is 14.2. The van der Waals surface area contributed by atoms with Crippen LogP contribution in [-0.2, 0) is 0 Å². The van der Waals surface area contributed by atoms with Crippen LogP contribution in [0.3, 0.4) is 0 Å². The lowest BCUT2D eigenvalue weighted by molar-refractivity contribution is 0.631. The first-order valence-corrected chi connectivity index (χ1v) is 7.45. The van der Waals surface area contributed by atoms with Crippen LogP contribution in [0.1, 0.15) is 5.56 Å². The molecule has 1 aromatic heterocycles. The number of halogens is 1. The maximum Gasteiger partial charge on any atom is 0.205 e. The monoisotopic (exact) mass is 312 g/mol. The smallest absolute Gasteiger partial charge is 0.205 e. The molecule has 0 amide bonds. The summed E-state index contributed by atoms with van der Waals surface area (Å²) < 4.78 is 14.2. The third-order valence-corrected chi connectivity index (χ3v) is 3.74. The van der Waals surface area contributed by atoms with E-state index in [1.807, 2.05) is 36.4 Å². The molecule has 0 aliphatic rings. The molecule has 4 nitrogen and oxygen atoms in total. The van der Waals surface area contributed by atoms with E-state index in [4.69, 9.17) is 5.73 Å². The summed E-state index contributed by atoms with van der Waals surface area (Å²) in [6.45, 7) is 0. The number of benzene rings is 2. The van der Waals surface area contributed by atoms with Gasteiger partial charge in [-0.1, -0.05) is 42.5 Å². The van der Waals surface area contributed by atoms with Crippen LogP contribution in [0.2, 0.25) is 0 Å². The molecule has 6 heteroatoms. The molecule has 0 unspecified atom stereocenters. The number of anilines is 2. The van der Waals surface area contributed by atoms with Gasteiger partial charge in [0.15, 0.2) is 0 Å². The summed E-state index contributed by atoms with van der Waals surface area (Å²) >= 11 is 1.35. The SMILES string of the molecule is Nc1csc(NN=Cc2ccc(-c3ccccc3)c(F)c2)n1. The number of nitrogens with zero attached hydrogens (tertiary/aromatic N) is 2. The molecule has 3 aromatic rings. The minimum absolute atomic E-state index is 0.284. The Kier molecular flexibility index (Phi) is 4.11. The van der Waals surface area contributed by atoms with Crippen molar-refractivity contribution in [2.45, 2.75) is 0 Å². The van der Waals surface area contributed by atoms with E-state index in [2.05, 4.69) is 15.5 Å². The zero-order valence-electron chi connectivity index (χ0n) is 11.5. The number of rotatable bonds is 4. The average Bonchev–Trinajstić information content (AvgIpc) is 2.94. The molecule has 0 atom stereocenters. The number of thiazole rings is 1. The van der Waals surface area contributed by atoms with Crippen LogP contribution in [-0.4, -0.2) is 11.2 Å². The van der Waals surface area contributed by atoms with Gasteiger partial charge in [-0.2, -0.15) is 5.10 Å². The van der Waals surface area contributed by atoms with Gasteiger partial charge in [0.1, 0.15) is 11.6 Å². The van der Waals surface area contributed by atoms with Crippen molar-refractivity contribution in [1.29, 1.82) is 0 Å². The Labute approximate surface area is 131 Å². The zero-order valence-corrected chi connectivity index (χ0v) is 12.3. The molecule has 0 aliphatic heterocycles. The number of nitrogens with one attached hydrogen (secondary N) is 1. The number of aromatic nitrogens is 1. The van der Waals surface area contributed by atoms with Crippen molar-refractivity contribution in [2.75, 3.05) is 11.2 Å². The lowest BCUT2D eigenvalue weighted by Gasteiger charge is -2.04. The van der Waals surface area contributed by atoms with Gasteiger partial charge in [0.2, 0.25) is 5.13 Å². The van der Waals surface area contributed by atoms with Crippen molar-refractivity contribution < 1.29 is 4.39 Å². The second-order valence-electron chi connectivity index (χ2n) is 4.55. The second kappa shape index (κ2) is 6.36. The molecule has 0 bridgehead atoms. The summed E-state index contributed by atoms with van der Waals surface area (Å²) in [5, 5.41) is 6.33. The van der Waals surface area contributed by atoms with Crippen molar-refractivity contribution in [1.82, 2.24) is 4.98 Å². The van der Waals surface area contributed by atoms with Gasteiger partial charge in [-0.15, -0.1) is 11.3 Å². The van der Waals surface area contributed by atoms with E-state index in [1.54, 1.807) is 11.4 Å². The van der Waals surface area contributed by atoms with E-state index >= 15 is 0 Å². The first-order chi connectivity index (χ1) is 10.7. The van der Waals surface area contributed by atoms with Gasteiger partial charge in [-0.25, -0.2) is 9.37 Å². The van der Waals surface area contributed by atoms with Gasteiger partial charge in [0, 0.05) is 10.9 Å². The van der Waals surface area contributed by atoms with Crippen molar-refractivity contribution in [3.8, 4) is 11.1 Å². The molecule has 1 heterocycles. The summed E-state index contributed by atoms with van der Waals surface area (Å²) in [6.07, 6.45) is 1.54. The second-order valence-corrected chi connectivity index (χ2v) is 5.41. The fraction of sp³-hybridized carbons (Fsp3) is 0. The third kappa shape index (κ3) is 3.29. The Hall–Kier alpha value is -2.73. The van der Waals surface area contributed by atoms with Gasteiger partial charge in [-0.3, -0.25) is 5.43 Å². The molecule has 0 aliphatic carbocycles. The van der Waals surface area contributed by atoms with E-state index in [0.717, 1.165) is 5.56 Å². The van der Waals surface area contributed by atoms with Crippen LogP contribution in [0.15, 0.2) is 59.0 Å². The molecule has 3 rings (SSSR count). The van der Waals surface area contributed by atoms with E-state index < -0.39 is 0 Å². The number of nitrogen functional groups attached to an aromatic ring is 1. The summed E-state index contributed by atoms with van der Waals surface area (Å²) in [7, 11) is 0. The van der Waals surface area contributed by atoms with Gasteiger partial charge in [-0.05, 0) is 17.2 Å². The Morgan fingerprint density at radius 2 is 2.00 bits per heavy atom. The van der Waals surface area contributed by atoms with E-state index in [-0.39, 0.29) is 5.82 Å². The predicted molar refractivity (Wildman–Crippen MR) is 89.6 cm³/mol. The van der Waals surface area contributed by atoms with Crippen molar-refractivity contribution >= 4 is 28.5 Å². The zero-order chi connectivity index (χ0) is 15.4. The molecule has 0 fully saturated rings. The number of hydrogen-bond acceptors (Lipinski definition) is 5. The lowest BCUT2D eigenvalue weighted by atomic mass is 10.0. The molecule has 110 valence electrons. The van der Waals surface area contributed by atoms with Crippen LogP contribution in [0, 0.1) is 5.82 Å². The molecule has 2 aromatic carbocycles. The van der Waals surface area contributed by atoms with Crippen molar-refractivity contribution in [3.05, 3.63) is 65.3 Å². The fourth-order valence-corrected chi connectivity index (χ4v) is 2.51. The quantitative estimate of drug-likeness (QED) is 0.566. The fourth-order valence-electron chi connectivity index (χ4n) is 1.96. The lowest BCUT2D eigenvalue weighted by Crippen LogP contribution is -1.92. The standard InChI is InChI=1S/C16H13FN4S/c17-14-8-11(9-19-21-16-20-15(18)10-22-16)6-7-13(14)12-4-2-1-3-5-12/h1-10H,18H2,(H,20,21). The Morgan fingerprint density at radius 1 is 1.18 bits per heavy atom. The highest BCUT2D eigenvalue weighted by atomic mass is 32.1. The van der Waals surface area contributed by atoms with Crippen LogP contribution in [0.4, 0.5) is 15.3 Å². The highest BCUT2D eigenvalue weighted by Crippen LogP contribution is 2.23. The third-order valence-electron chi connectivity index (χ3n) is 2.97. The molecule has 0 radical (unpaired) electrons. The summed E-state index contributed by atoms with van der Waals surface area (Å²) in [6, 6.07) is 14.4. The number of hydrogen-bond donors (Lipinski definition) is 2. The number of hydrazone groups is 1. The van der Waals surface area contributed by atoms with Crippen LogP contribution < -0.4 is 11.2 Å². The highest BCUT2D eigenvalue weighted by Gasteiger charge is 2.05. The molecular formula is C16H13FN4S. The van der Waals surface area contributed by atoms with Crippen LogP contribution >= 0.6 is 11.3 Å². The Morgan fingerprint density at radius 3 is 2.68 bits per heavy atom. The topological polar surface area (TPSA) is 63.3 Å². The Balaban J connectivity index is 1.74. The van der Waals surface area contributed by atoms with E-state index in [1.165, 1.54) is 23.6 Å². The van der Waals surface area contributed by atoms with Gasteiger partial charge in [0.25, 0.3) is 0 Å². The highest BCUT2D eigenvalue weighted by molar-refractivity contribution is 7.14. The molecule has 0 saturated heterocycles. The number of nitrogens with two attached hydrogens (primary N) is 1. The minimum Gasteiger partial charge on any atom is -0.383 e. The normalized spacial score (nSPS) is 11.0. The van der Waals surface area contributed by atoms with Gasteiger partial charge >= 0.3 is 0 Å². The molecule has 0 saturated carbocycles. The summed E-state index contributed by atoms with van der Waals surface area (Å²) in [4.78, 5) is 4.01. The molecule has 0 spiro atoms. The van der Waals surface area contributed by atoms with Crippen LogP contribution in [0.25, 0.3) is 11.1 Å².